The molecule has 0 saturated carbocycles. The number of benzene rings is 8. The number of hydrogen-bond donors (Lipinski definition) is 0. The first-order chi connectivity index (χ1) is 27.4. The normalized spacial score (nSPS) is 13.3. The molecule has 2 aromatic heterocycles. The molecule has 240 valence electrons. The molecule has 0 fully saturated rings. The SMILES string of the molecule is [2H]c1c([2H])c([2H])c(-n2c3ccccc3c3cc(-n4c5ccccc5c5cc([Si](c6ccccc6)(c6ccccc6)c6ccccc6)ccc54)ccc32)c([2H])c1[2H]. The first kappa shape index (κ1) is 24.7. The summed E-state index contributed by atoms with van der Waals surface area (Å²) >= 11 is 0. The zero-order valence-corrected chi connectivity index (χ0v) is 28.6. The Morgan fingerprint density at radius 1 is 0.333 bits per heavy atom. The Bertz CT molecular complexity index is 3010. The zero-order chi connectivity index (χ0) is 38.1. The summed E-state index contributed by atoms with van der Waals surface area (Å²) in [7, 11) is -2.77. The highest BCUT2D eigenvalue weighted by Crippen LogP contribution is 2.36. The van der Waals surface area contributed by atoms with Gasteiger partial charge in [0.15, 0.2) is 8.07 Å². The molecule has 0 spiro atoms. The molecule has 0 aliphatic carbocycles. The van der Waals surface area contributed by atoms with Gasteiger partial charge in [0.2, 0.25) is 0 Å². The predicted molar refractivity (Wildman–Crippen MR) is 219 cm³/mol. The van der Waals surface area contributed by atoms with Gasteiger partial charge >= 0.3 is 0 Å². The number of aromatic nitrogens is 2. The minimum atomic E-state index is -2.77. The maximum absolute atomic E-state index is 8.83. The van der Waals surface area contributed by atoms with Gasteiger partial charge < -0.3 is 9.13 Å². The van der Waals surface area contributed by atoms with E-state index >= 15 is 0 Å². The van der Waals surface area contributed by atoms with Crippen molar-refractivity contribution in [2.24, 2.45) is 0 Å². The summed E-state index contributed by atoms with van der Waals surface area (Å²) in [6, 6.07) is 61.1. The van der Waals surface area contributed by atoms with Crippen LogP contribution in [0.1, 0.15) is 6.85 Å². The largest absolute Gasteiger partial charge is 0.309 e. The Morgan fingerprint density at radius 2 is 0.765 bits per heavy atom. The first-order valence-corrected chi connectivity index (χ1v) is 19.2. The maximum Gasteiger partial charge on any atom is 0.179 e. The molecular weight excluding hydrogens is 633 g/mol. The number of fused-ring (bicyclic) bond motifs is 6. The molecule has 0 bridgehead atoms. The lowest BCUT2D eigenvalue weighted by molar-refractivity contribution is 1.17. The van der Waals surface area contributed by atoms with Crippen molar-refractivity contribution in [3.05, 3.63) is 206 Å². The number of hydrogen-bond acceptors (Lipinski definition) is 0. The zero-order valence-electron chi connectivity index (χ0n) is 32.6. The van der Waals surface area contributed by atoms with Crippen molar-refractivity contribution >= 4 is 72.4 Å². The van der Waals surface area contributed by atoms with E-state index in [1.165, 1.54) is 26.1 Å². The molecule has 0 amide bonds. The van der Waals surface area contributed by atoms with E-state index in [-0.39, 0.29) is 29.9 Å². The summed E-state index contributed by atoms with van der Waals surface area (Å²) in [6.45, 7) is 0. The summed E-state index contributed by atoms with van der Waals surface area (Å²) in [5.41, 5.74) is 4.82. The van der Waals surface area contributed by atoms with Gasteiger partial charge in [-0.25, -0.2) is 0 Å². The Hall–Kier alpha value is -6.42. The molecule has 10 aromatic rings. The van der Waals surface area contributed by atoms with Crippen LogP contribution in [0, 0.1) is 0 Å². The van der Waals surface area contributed by atoms with Gasteiger partial charge in [-0.15, -0.1) is 0 Å². The molecule has 0 N–H and O–H groups in total. The molecule has 0 atom stereocenters. The van der Waals surface area contributed by atoms with E-state index in [2.05, 4.69) is 150 Å². The van der Waals surface area contributed by atoms with E-state index in [4.69, 9.17) is 6.85 Å². The summed E-state index contributed by atoms with van der Waals surface area (Å²) in [6.07, 6.45) is 0. The van der Waals surface area contributed by atoms with Crippen LogP contribution >= 0.6 is 0 Å². The Balaban J connectivity index is 1.25. The average Bonchev–Trinajstić information content (AvgIpc) is 3.76. The van der Waals surface area contributed by atoms with Crippen LogP contribution < -0.4 is 20.7 Å². The smallest absolute Gasteiger partial charge is 0.179 e. The van der Waals surface area contributed by atoms with Gasteiger partial charge in [0.1, 0.15) is 0 Å². The molecule has 0 aliphatic rings. The van der Waals surface area contributed by atoms with Crippen LogP contribution in [0.2, 0.25) is 0 Å². The average molecular weight is 672 g/mol. The van der Waals surface area contributed by atoms with E-state index in [0.717, 1.165) is 43.9 Å². The van der Waals surface area contributed by atoms with Gasteiger partial charge in [-0.05, 0) is 69.2 Å². The third kappa shape index (κ3) is 4.49. The molecule has 2 nitrogen and oxygen atoms in total. The fourth-order valence-electron chi connectivity index (χ4n) is 8.24. The third-order valence-electron chi connectivity index (χ3n) is 10.4. The highest BCUT2D eigenvalue weighted by atomic mass is 28.3. The van der Waals surface area contributed by atoms with Gasteiger partial charge in [0.05, 0.1) is 28.9 Å². The van der Waals surface area contributed by atoms with E-state index in [1.807, 2.05) is 34.9 Å². The minimum Gasteiger partial charge on any atom is -0.309 e. The standard InChI is InChI=1S/C48H34N2Si/c1-5-17-35(18-6-1)49-45-27-15-13-25-41(45)43-33-36(29-31-47(43)49)50-46-28-16-14-26-42(46)44-34-40(30-32-48(44)50)51(37-19-7-2-8-20-37,38-21-9-3-10-22-38)39-23-11-4-12-24-39/h1-34H/i1D,5D,6D,17D,18D. The monoisotopic (exact) mass is 671 g/mol. The van der Waals surface area contributed by atoms with Crippen LogP contribution in [0.5, 0.6) is 0 Å². The lowest BCUT2D eigenvalue weighted by Gasteiger charge is -2.34. The van der Waals surface area contributed by atoms with Crippen LogP contribution in [0.25, 0.3) is 55.0 Å². The lowest BCUT2D eigenvalue weighted by atomic mass is 10.1. The number of nitrogens with zero attached hydrogens (tertiary/aromatic N) is 2. The second kappa shape index (κ2) is 11.9. The van der Waals surface area contributed by atoms with Gasteiger partial charge in [-0.1, -0.05) is 158 Å². The van der Waals surface area contributed by atoms with Crippen molar-refractivity contribution in [2.75, 3.05) is 0 Å². The second-order valence-corrected chi connectivity index (χ2v) is 16.8. The van der Waals surface area contributed by atoms with Crippen LogP contribution in [0.3, 0.4) is 0 Å². The van der Waals surface area contributed by atoms with Crippen LogP contribution in [0.15, 0.2) is 206 Å². The van der Waals surface area contributed by atoms with Crippen LogP contribution in [-0.4, -0.2) is 17.2 Å². The quantitative estimate of drug-likeness (QED) is 0.123. The molecular formula is C48H34N2Si. The molecule has 10 rings (SSSR count). The predicted octanol–water partition coefficient (Wildman–Crippen LogP) is 9.26. The van der Waals surface area contributed by atoms with E-state index in [1.54, 1.807) is 0 Å². The molecule has 8 aromatic carbocycles. The van der Waals surface area contributed by atoms with Crippen molar-refractivity contribution in [1.29, 1.82) is 0 Å². The Kier molecular flexibility index (Phi) is 5.74. The molecule has 0 aliphatic heterocycles. The summed E-state index contributed by atoms with van der Waals surface area (Å²) in [4.78, 5) is 0. The first-order valence-electron chi connectivity index (χ1n) is 19.7. The van der Waals surface area contributed by atoms with Crippen molar-refractivity contribution in [3.8, 4) is 11.4 Å². The van der Waals surface area contributed by atoms with Gasteiger partial charge in [0.25, 0.3) is 0 Å². The van der Waals surface area contributed by atoms with Crippen molar-refractivity contribution in [1.82, 2.24) is 9.13 Å². The Labute approximate surface area is 305 Å². The van der Waals surface area contributed by atoms with Crippen LogP contribution in [-0.2, 0) is 0 Å². The number of para-hydroxylation sites is 3. The third-order valence-corrected chi connectivity index (χ3v) is 15.1. The molecule has 3 heteroatoms. The lowest BCUT2D eigenvalue weighted by Crippen LogP contribution is -2.74. The molecule has 2 heterocycles. The van der Waals surface area contributed by atoms with E-state index < -0.39 is 14.1 Å². The summed E-state index contributed by atoms with van der Waals surface area (Å²) in [5, 5.41) is 9.44. The molecule has 0 unspecified atom stereocenters. The highest BCUT2D eigenvalue weighted by molar-refractivity contribution is 7.20. The van der Waals surface area contributed by atoms with Gasteiger partial charge in [0, 0.05) is 32.9 Å². The summed E-state index contributed by atoms with van der Waals surface area (Å²) in [5.74, 6) is 0. The fraction of sp³-hybridized carbons (Fsp3) is 0. The number of rotatable bonds is 6. The maximum atomic E-state index is 8.83. The summed E-state index contributed by atoms with van der Waals surface area (Å²) < 4.78 is 46.8. The van der Waals surface area contributed by atoms with Gasteiger partial charge in [-0.3, -0.25) is 0 Å². The highest BCUT2D eigenvalue weighted by Gasteiger charge is 2.41. The molecule has 0 radical (unpaired) electrons. The van der Waals surface area contributed by atoms with E-state index in [0.29, 0.717) is 0 Å². The van der Waals surface area contributed by atoms with Crippen LogP contribution in [0.4, 0.5) is 0 Å². The topological polar surface area (TPSA) is 9.86 Å². The minimum absolute atomic E-state index is 0.141. The van der Waals surface area contributed by atoms with Crippen molar-refractivity contribution in [2.45, 2.75) is 0 Å². The fourth-order valence-corrected chi connectivity index (χ4v) is 13.0. The molecule has 51 heavy (non-hydrogen) atoms. The van der Waals surface area contributed by atoms with Gasteiger partial charge in [-0.2, -0.15) is 0 Å². The van der Waals surface area contributed by atoms with Crippen molar-refractivity contribution < 1.29 is 6.85 Å². The van der Waals surface area contributed by atoms with E-state index in [9.17, 15) is 0 Å². The molecule has 0 saturated heterocycles. The van der Waals surface area contributed by atoms with Crippen molar-refractivity contribution in [3.63, 3.8) is 0 Å². The Morgan fingerprint density at radius 3 is 1.31 bits per heavy atom. The second-order valence-electron chi connectivity index (χ2n) is 13.0.